The minimum atomic E-state index is 0.979. The van der Waals surface area contributed by atoms with E-state index in [1.165, 1.54) is 26.5 Å². The van der Waals surface area contributed by atoms with Crippen LogP contribution < -0.4 is 5.32 Å². The van der Waals surface area contributed by atoms with Gasteiger partial charge in [-0.15, -0.1) is 0 Å². The van der Waals surface area contributed by atoms with E-state index in [9.17, 15) is 0 Å². The van der Waals surface area contributed by atoms with Crippen LogP contribution in [0.4, 0.5) is 0 Å². The molecule has 0 amide bonds. The van der Waals surface area contributed by atoms with Gasteiger partial charge in [-0.25, -0.2) is 0 Å². The fourth-order valence-electron chi connectivity index (χ4n) is 2.26. The largest absolute Gasteiger partial charge is 0.361 e. The van der Waals surface area contributed by atoms with Gasteiger partial charge < -0.3 is 10.3 Å². The number of nitrogens with one attached hydrogen (secondary N) is 2. The highest BCUT2D eigenvalue weighted by Crippen LogP contribution is 2.32. The molecule has 1 aliphatic heterocycles. The Kier molecular flexibility index (Phi) is 2.58. The number of fused-ring (bicyclic) bond motifs is 1. The van der Waals surface area contributed by atoms with E-state index < -0.39 is 0 Å². The second-order valence-corrected chi connectivity index (χ2v) is 4.90. The van der Waals surface area contributed by atoms with Gasteiger partial charge in [0.05, 0.1) is 0 Å². The second-order valence-electron chi connectivity index (χ2n) is 4.05. The predicted molar refractivity (Wildman–Crippen MR) is 71.5 cm³/mol. The Hall–Kier alpha value is -1.06. The molecule has 0 radical (unpaired) electrons. The SMILES string of the molecule is Brc1cccc2[nH]cc(C3=CCNCC3)c12. The monoisotopic (exact) mass is 276 g/mol. The highest BCUT2D eigenvalue weighted by Gasteiger charge is 2.12. The molecule has 0 bridgehead atoms. The molecule has 1 aromatic carbocycles. The van der Waals surface area contributed by atoms with E-state index in [1.807, 2.05) is 0 Å². The van der Waals surface area contributed by atoms with Crippen molar-refractivity contribution in [1.29, 1.82) is 0 Å². The summed E-state index contributed by atoms with van der Waals surface area (Å²) in [5.41, 5.74) is 3.98. The fourth-order valence-corrected chi connectivity index (χ4v) is 2.84. The molecule has 0 saturated carbocycles. The molecule has 0 spiro atoms. The van der Waals surface area contributed by atoms with Gasteiger partial charge in [0, 0.05) is 33.7 Å². The van der Waals surface area contributed by atoms with Gasteiger partial charge in [-0.3, -0.25) is 0 Å². The number of rotatable bonds is 1. The number of aromatic amines is 1. The van der Waals surface area contributed by atoms with Crippen LogP contribution in [0.3, 0.4) is 0 Å². The Morgan fingerprint density at radius 3 is 3.00 bits per heavy atom. The first-order valence-corrected chi connectivity index (χ1v) is 6.31. The molecule has 82 valence electrons. The van der Waals surface area contributed by atoms with E-state index in [0.29, 0.717) is 0 Å². The van der Waals surface area contributed by atoms with Gasteiger partial charge in [-0.1, -0.05) is 28.1 Å². The molecule has 2 nitrogen and oxygen atoms in total. The third-order valence-electron chi connectivity index (χ3n) is 3.06. The topological polar surface area (TPSA) is 27.8 Å². The van der Waals surface area contributed by atoms with Gasteiger partial charge in [-0.2, -0.15) is 0 Å². The summed E-state index contributed by atoms with van der Waals surface area (Å²) in [6.07, 6.45) is 5.51. The molecular weight excluding hydrogens is 264 g/mol. The van der Waals surface area contributed by atoms with Crippen molar-refractivity contribution in [3.63, 3.8) is 0 Å². The Morgan fingerprint density at radius 2 is 2.19 bits per heavy atom. The third kappa shape index (κ3) is 1.60. The van der Waals surface area contributed by atoms with Gasteiger partial charge in [0.1, 0.15) is 0 Å². The summed E-state index contributed by atoms with van der Waals surface area (Å²) in [4.78, 5) is 3.34. The number of benzene rings is 1. The molecule has 2 N–H and O–H groups in total. The van der Waals surface area contributed by atoms with Crippen molar-refractivity contribution < 1.29 is 0 Å². The molecule has 1 aliphatic rings. The lowest BCUT2D eigenvalue weighted by Gasteiger charge is -2.13. The van der Waals surface area contributed by atoms with Gasteiger partial charge >= 0.3 is 0 Å². The third-order valence-corrected chi connectivity index (χ3v) is 3.73. The van der Waals surface area contributed by atoms with E-state index in [0.717, 1.165) is 19.5 Å². The molecule has 0 aliphatic carbocycles. The summed E-state index contributed by atoms with van der Waals surface area (Å²) >= 11 is 3.63. The summed E-state index contributed by atoms with van der Waals surface area (Å²) in [6.45, 7) is 2.05. The quantitative estimate of drug-likeness (QED) is 0.822. The summed E-state index contributed by atoms with van der Waals surface area (Å²) in [5, 5.41) is 4.64. The standard InChI is InChI=1S/C13H13BrN2/c14-11-2-1-3-12-13(11)10(8-16-12)9-4-6-15-7-5-9/h1-4,8,15-16H,5-7H2. The minimum absolute atomic E-state index is 0.979. The molecule has 2 heterocycles. The van der Waals surface area contributed by atoms with Crippen molar-refractivity contribution in [3.8, 4) is 0 Å². The average molecular weight is 277 g/mol. The number of halogens is 1. The molecular formula is C13H13BrN2. The fraction of sp³-hybridized carbons (Fsp3) is 0.231. The Morgan fingerprint density at radius 1 is 1.25 bits per heavy atom. The first-order valence-electron chi connectivity index (χ1n) is 5.52. The van der Waals surface area contributed by atoms with Crippen LogP contribution in [0.5, 0.6) is 0 Å². The zero-order valence-corrected chi connectivity index (χ0v) is 10.5. The van der Waals surface area contributed by atoms with Crippen LogP contribution in [0.2, 0.25) is 0 Å². The number of hydrogen-bond acceptors (Lipinski definition) is 1. The van der Waals surface area contributed by atoms with Crippen molar-refractivity contribution in [2.75, 3.05) is 13.1 Å². The molecule has 16 heavy (non-hydrogen) atoms. The summed E-state index contributed by atoms with van der Waals surface area (Å²) < 4.78 is 1.17. The highest BCUT2D eigenvalue weighted by atomic mass is 79.9. The smallest absolute Gasteiger partial charge is 0.0471 e. The average Bonchev–Trinajstić information content (AvgIpc) is 2.75. The predicted octanol–water partition coefficient (Wildman–Crippen LogP) is 3.31. The molecule has 3 heteroatoms. The number of hydrogen-bond donors (Lipinski definition) is 2. The normalized spacial score (nSPS) is 16.4. The maximum atomic E-state index is 3.63. The zero-order valence-electron chi connectivity index (χ0n) is 8.89. The van der Waals surface area contributed by atoms with Crippen molar-refractivity contribution in [2.24, 2.45) is 0 Å². The van der Waals surface area contributed by atoms with Gasteiger partial charge in [-0.05, 0) is 30.7 Å². The van der Waals surface area contributed by atoms with Crippen molar-refractivity contribution >= 4 is 32.4 Å². The molecule has 2 aromatic rings. The Bertz CT molecular complexity index is 554. The van der Waals surface area contributed by atoms with Gasteiger partial charge in [0.25, 0.3) is 0 Å². The number of H-pyrrole nitrogens is 1. The summed E-state index contributed by atoms with van der Waals surface area (Å²) in [7, 11) is 0. The Labute approximate surface area is 103 Å². The van der Waals surface area contributed by atoms with E-state index in [2.05, 4.69) is 56.7 Å². The van der Waals surface area contributed by atoms with Crippen molar-refractivity contribution in [2.45, 2.75) is 6.42 Å². The van der Waals surface area contributed by atoms with E-state index >= 15 is 0 Å². The second kappa shape index (κ2) is 4.07. The van der Waals surface area contributed by atoms with Crippen LogP contribution in [0, 0.1) is 0 Å². The molecule has 0 unspecified atom stereocenters. The van der Waals surface area contributed by atoms with Crippen molar-refractivity contribution in [1.82, 2.24) is 10.3 Å². The van der Waals surface area contributed by atoms with Crippen LogP contribution >= 0.6 is 15.9 Å². The van der Waals surface area contributed by atoms with Crippen LogP contribution in [-0.4, -0.2) is 18.1 Å². The lowest BCUT2D eigenvalue weighted by Crippen LogP contribution is -2.19. The van der Waals surface area contributed by atoms with Gasteiger partial charge in [0.2, 0.25) is 0 Å². The summed E-state index contributed by atoms with van der Waals surface area (Å²) in [6, 6.07) is 6.27. The van der Waals surface area contributed by atoms with Crippen LogP contribution in [-0.2, 0) is 0 Å². The minimum Gasteiger partial charge on any atom is -0.361 e. The maximum absolute atomic E-state index is 3.63. The molecule has 1 aromatic heterocycles. The van der Waals surface area contributed by atoms with E-state index in [1.54, 1.807) is 0 Å². The lowest BCUT2D eigenvalue weighted by molar-refractivity contribution is 0.739. The summed E-state index contributed by atoms with van der Waals surface area (Å²) in [5.74, 6) is 0. The van der Waals surface area contributed by atoms with Crippen molar-refractivity contribution in [3.05, 3.63) is 40.5 Å². The molecule has 0 fully saturated rings. The number of aromatic nitrogens is 1. The van der Waals surface area contributed by atoms with Crippen LogP contribution in [0.25, 0.3) is 16.5 Å². The van der Waals surface area contributed by atoms with E-state index in [-0.39, 0.29) is 0 Å². The molecule has 0 saturated heterocycles. The zero-order chi connectivity index (χ0) is 11.0. The highest BCUT2D eigenvalue weighted by molar-refractivity contribution is 9.10. The lowest BCUT2D eigenvalue weighted by atomic mass is 10.00. The molecule has 3 rings (SSSR count). The first-order chi connectivity index (χ1) is 7.86. The molecule has 0 atom stereocenters. The van der Waals surface area contributed by atoms with E-state index in [4.69, 9.17) is 0 Å². The van der Waals surface area contributed by atoms with Crippen LogP contribution in [0.1, 0.15) is 12.0 Å². The van der Waals surface area contributed by atoms with Gasteiger partial charge in [0.15, 0.2) is 0 Å². The maximum Gasteiger partial charge on any atom is 0.0471 e. The first kappa shape index (κ1) is 10.1. The van der Waals surface area contributed by atoms with Crippen LogP contribution in [0.15, 0.2) is 34.9 Å². The Balaban J connectivity index is 2.20.